The lowest BCUT2D eigenvalue weighted by Crippen LogP contribution is -2.36. The van der Waals surface area contributed by atoms with Gasteiger partial charge in [-0.05, 0) is 30.5 Å². The van der Waals surface area contributed by atoms with Crippen LogP contribution in [-0.2, 0) is 0 Å². The van der Waals surface area contributed by atoms with Crippen LogP contribution in [0.1, 0.15) is 37.4 Å². The van der Waals surface area contributed by atoms with Crippen LogP contribution in [0.4, 0.5) is 22.0 Å². The molecule has 1 N–H and O–H groups in total. The first-order valence-electron chi connectivity index (χ1n) is 6.50. The third-order valence-electron chi connectivity index (χ3n) is 3.93. The Morgan fingerprint density at radius 2 is 1.70 bits per heavy atom. The summed E-state index contributed by atoms with van der Waals surface area (Å²) in [6.45, 7) is 0. The standard InChI is InChI=1S/C14H15F5O/c15-11-6-5-8(7-12(11)16)13(20)9-3-1-2-4-10(9)14(17,18)19/h5-7,9-10,13,20H,1-4H2. The lowest BCUT2D eigenvalue weighted by molar-refractivity contribution is -0.207. The largest absolute Gasteiger partial charge is 0.392 e. The summed E-state index contributed by atoms with van der Waals surface area (Å²) in [4.78, 5) is 0. The second-order valence-corrected chi connectivity index (χ2v) is 5.21. The Labute approximate surface area is 113 Å². The van der Waals surface area contributed by atoms with Gasteiger partial charge >= 0.3 is 6.18 Å². The minimum Gasteiger partial charge on any atom is -0.388 e. The maximum Gasteiger partial charge on any atom is 0.392 e. The van der Waals surface area contributed by atoms with Crippen molar-refractivity contribution in [1.82, 2.24) is 0 Å². The van der Waals surface area contributed by atoms with Crippen molar-refractivity contribution in [2.45, 2.75) is 38.0 Å². The smallest absolute Gasteiger partial charge is 0.388 e. The molecule has 0 amide bonds. The van der Waals surface area contributed by atoms with Crippen LogP contribution in [-0.4, -0.2) is 11.3 Å². The summed E-state index contributed by atoms with van der Waals surface area (Å²) in [5, 5.41) is 10.1. The van der Waals surface area contributed by atoms with E-state index in [1.165, 1.54) is 0 Å². The Hall–Kier alpha value is -1.17. The van der Waals surface area contributed by atoms with Crippen LogP contribution < -0.4 is 0 Å². The van der Waals surface area contributed by atoms with E-state index in [1.807, 2.05) is 0 Å². The molecule has 0 heterocycles. The lowest BCUT2D eigenvalue weighted by Gasteiger charge is -2.36. The Morgan fingerprint density at radius 3 is 2.30 bits per heavy atom. The Morgan fingerprint density at radius 1 is 1.05 bits per heavy atom. The van der Waals surface area contributed by atoms with E-state index in [-0.39, 0.29) is 18.4 Å². The highest BCUT2D eigenvalue weighted by atomic mass is 19.4. The molecule has 0 bridgehead atoms. The number of aliphatic hydroxyl groups excluding tert-OH is 1. The molecule has 3 atom stereocenters. The normalized spacial score (nSPS) is 25.5. The van der Waals surface area contributed by atoms with Gasteiger partial charge in [-0.15, -0.1) is 0 Å². The maximum atomic E-state index is 13.1. The Kier molecular flexibility index (Phi) is 4.32. The van der Waals surface area contributed by atoms with Crippen LogP contribution >= 0.6 is 0 Å². The molecule has 0 aliphatic heterocycles. The third-order valence-corrected chi connectivity index (χ3v) is 3.93. The zero-order valence-electron chi connectivity index (χ0n) is 10.6. The fourth-order valence-corrected chi connectivity index (χ4v) is 2.89. The SMILES string of the molecule is OC(c1ccc(F)c(F)c1)C1CCCCC1C(F)(F)F. The number of hydrogen-bond donors (Lipinski definition) is 1. The summed E-state index contributed by atoms with van der Waals surface area (Å²) in [5.41, 5.74) is -0.00921. The van der Waals surface area contributed by atoms with Gasteiger partial charge in [0, 0.05) is 5.92 Å². The number of halogens is 5. The number of hydrogen-bond acceptors (Lipinski definition) is 1. The fraction of sp³-hybridized carbons (Fsp3) is 0.571. The van der Waals surface area contributed by atoms with E-state index in [0.717, 1.165) is 18.2 Å². The zero-order valence-corrected chi connectivity index (χ0v) is 10.6. The summed E-state index contributed by atoms with van der Waals surface area (Å²) >= 11 is 0. The summed E-state index contributed by atoms with van der Waals surface area (Å²) < 4.78 is 64.9. The molecule has 20 heavy (non-hydrogen) atoms. The molecule has 112 valence electrons. The fourth-order valence-electron chi connectivity index (χ4n) is 2.89. The topological polar surface area (TPSA) is 20.2 Å². The van der Waals surface area contributed by atoms with E-state index in [1.54, 1.807) is 0 Å². The molecule has 3 unspecified atom stereocenters. The highest BCUT2D eigenvalue weighted by molar-refractivity contribution is 5.21. The predicted molar refractivity (Wildman–Crippen MR) is 62.8 cm³/mol. The number of alkyl halides is 3. The van der Waals surface area contributed by atoms with Gasteiger partial charge in [-0.3, -0.25) is 0 Å². The van der Waals surface area contributed by atoms with Gasteiger partial charge in [0.25, 0.3) is 0 Å². The molecule has 1 aliphatic rings. The lowest BCUT2D eigenvalue weighted by atomic mass is 9.74. The number of aliphatic hydroxyl groups is 1. The molecular weight excluding hydrogens is 279 g/mol. The van der Waals surface area contributed by atoms with Crippen molar-refractivity contribution in [3.63, 3.8) is 0 Å². The van der Waals surface area contributed by atoms with E-state index in [2.05, 4.69) is 0 Å². The van der Waals surface area contributed by atoms with E-state index >= 15 is 0 Å². The monoisotopic (exact) mass is 294 g/mol. The van der Waals surface area contributed by atoms with Gasteiger partial charge in [0.15, 0.2) is 11.6 Å². The molecule has 1 aromatic rings. The van der Waals surface area contributed by atoms with Crippen molar-refractivity contribution in [2.75, 3.05) is 0 Å². The van der Waals surface area contributed by atoms with Crippen molar-refractivity contribution < 1.29 is 27.1 Å². The first-order chi connectivity index (χ1) is 9.30. The molecule has 1 aliphatic carbocycles. The first kappa shape index (κ1) is 15.2. The summed E-state index contributed by atoms with van der Waals surface area (Å²) in [5.74, 6) is -4.86. The van der Waals surface area contributed by atoms with Gasteiger partial charge in [0.2, 0.25) is 0 Å². The molecule has 0 radical (unpaired) electrons. The molecule has 0 saturated heterocycles. The summed E-state index contributed by atoms with van der Waals surface area (Å²) in [6.07, 6.45) is -4.57. The van der Waals surface area contributed by atoms with Crippen LogP contribution in [0.5, 0.6) is 0 Å². The van der Waals surface area contributed by atoms with Gasteiger partial charge in [0.05, 0.1) is 12.0 Å². The predicted octanol–water partition coefficient (Wildman–Crippen LogP) is 4.37. The van der Waals surface area contributed by atoms with Gasteiger partial charge in [0.1, 0.15) is 0 Å². The maximum absolute atomic E-state index is 13.1. The van der Waals surface area contributed by atoms with Crippen molar-refractivity contribution in [2.24, 2.45) is 11.8 Å². The Balaban J connectivity index is 2.25. The minimum absolute atomic E-state index is 0.00921. The summed E-state index contributed by atoms with van der Waals surface area (Å²) in [6, 6.07) is 2.71. The van der Waals surface area contributed by atoms with Gasteiger partial charge < -0.3 is 5.11 Å². The minimum atomic E-state index is -4.38. The van der Waals surface area contributed by atoms with E-state index in [9.17, 15) is 27.1 Å². The molecule has 1 nitrogen and oxygen atoms in total. The van der Waals surface area contributed by atoms with Crippen LogP contribution in [0, 0.1) is 23.5 Å². The second kappa shape index (κ2) is 5.68. The highest BCUT2D eigenvalue weighted by Gasteiger charge is 2.47. The van der Waals surface area contributed by atoms with E-state index in [0.29, 0.717) is 12.8 Å². The zero-order chi connectivity index (χ0) is 14.9. The average molecular weight is 294 g/mol. The first-order valence-corrected chi connectivity index (χ1v) is 6.50. The second-order valence-electron chi connectivity index (χ2n) is 5.21. The van der Waals surface area contributed by atoms with E-state index in [4.69, 9.17) is 0 Å². The molecule has 0 aromatic heterocycles. The molecule has 1 fully saturated rings. The molecule has 6 heteroatoms. The average Bonchev–Trinajstić information content (AvgIpc) is 2.40. The van der Waals surface area contributed by atoms with Gasteiger partial charge in [-0.1, -0.05) is 18.9 Å². The summed E-state index contributed by atoms with van der Waals surface area (Å²) in [7, 11) is 0. The molecule has 0 spiro atoms. The van der Waals surface area contributed by atoms with Gasteiger partial charge in [-0.2, -0.15) is 13.2 Å². The Bertz CT molecular complexity index is 471. The number of benzene rings is 1. The van der Waals surface area contributed by atoms with Crippen LogP contribution in [0.3, 0.4) is 0 Å². The van der Waals surface area contributed by atoms with Crippen molar-refractivity contribution in [3.05, 3.63) is 35.4 Å². The van der Waals surface area contributed by atoms with Crippen molar-refractivity contribution in [3.8, 4) is 0 Å². The molecule has 1 saturated carbocycles. The van der Waals surface area contributed by atoms with Crippen molar-refractivity contribution in [1.29, 1.82) is 0 Å². The van der Waals surface area contributed by atoms with Crippen molar-refractivity contribution >= 4 is 0 Å². The van der Waals surface area contributed by atoms with Crippen LogP contribution in [0.15, 0.2) is 18.2 Å². The molecule has 2 rings (SSSR count). The van der Waals surface area contributed by atoms with Crippen LogP contribution in [0.25, 0.3) is 0 Å². The van der Waals surface area contributed by atoms with E-state index < -0.39 is 35.8 Å². The number of rotatable bonds is 2. The third kappa shape index (κ3) is 3.11. The molecule has 1 aromatic carbocycles. The van der Waals surface area contributed by atoms with Gasteiger partial charge in [-0.25, -0.2) is 8.78 Å². The highest BCUT2D eigenvalue weighted by Crippen LogP contribution is 2.46. The van der Waals surface area contributed by atoms with Crippen LogP contribution in [0.2, 0.25) is 0 Å². The quantitative estimate of drug-likeness (QED) is 0.803. The molecular formula is C14H15F5O.